The number of carbonyl (C=O) groups excluding carboxylic acids is 1. The smallest absolute Gasteiger partial charge is 0.229 e. The molecule has 0 bridgehead atoms. The van der Waals surface area contributed by atoms with E-state index in [1.807, 2.05) is 17.9 Å². The highest BCUT2D eigenvalue weighted by atomic mass is 19.1. The van der Waals surface area contributed by atoms with Crippen molar-refractivity contribution in [2.75, 3.05) is 39.3 Å². The minimum absolute atomic E-state index is 0.114. The van der Waals surface area contributed by atoms with Crippen LogP contribution >= 0.6 is 0 Å². The average molecular weight is 305 g/mol. The summed E-state index contributed by atoms with van der Waals surface area (Å²) in [4.78, 5) is 17.1. The van der Waals surface area contributed by atoms with Crippen molar-refractivity contribution < 1.29 is 9.18 Å². The number of nitrogens with one attached hydrogen (secondary N) is 1. The normalized spacial score (nSPS) is 24.5. The highest BCUT2D eigenvalue weighted by molar-refractivity contribution is 5.83. The molecule has 1 aromatic rings. The van der Waals surface area contributed by atoms with Gasteiger partial charge in [-0.25, -0.2) is 4.39 Å². The third kappa shape index (κ3) is 3.31. The van der Waals surface area contributed by atoms with Gasteiger partial charge < -0.3 is 10.2 Å². The highest BCUT2D eigenvalue weighted by Gasteiger charge is 2.32. The van der Waals surface area contributed by atoms with Crippen LogP contribution in [-0.2, 0) is 4.79 Å². The lowest BCUT2D eigenvalue weighted by molar-refractivity contribution is -0.131. The van der Waals surface area contributed by atoms with Gasteiger partial charge in [0.2, 0.25) is 5.91 Å². The Kier molecular flexibility index (Phi) is 4.74. The first-order valence-corrected chi connectivity index (χ1v) is 8.14. The van der Waals surface area contributed by atoms with Crippen molar-refractivity contribution in [3.8, 4) is 0 Å². The Morgan fingerprint density at radius 2 is 2.09 bits per heavy atom. The van der Waals surface area contributed by atoms with E-state index in [4.69, 9.17) is 0 Å². The molecule has 2 saturated heterocycles. The number of halogens is 1. The van der Waals surface area contributed by atoms with E-state index in [2.05, 4.69) is 10.2 Å². The predicted octanol–water partition coefficient (Wildman–Crippen LogP) is 1.44. The van der Waals surface area contributed by atoms with Crippen LogP contribution in [-0.4, -0.2) is 61.0 Å². The van der Waals surface area contributed by atoms with Crippen LogP contribution in [0.25, 0.3) is 0 Å². The molecule has 2 aliphatic heterocycles. The van der Waals surface area contributed by atoms with E-state index in [1.165, 1.54) is 12.1 Å². The van der Waals surface area contributed by atoms with Gasteiger partial charge in [-0.2, -0.15) is 0 Å². The minimum Gasteiger partial charge on any atom is -0.341 e. The van der Waals surface area contributed by atoms with Gasteiger partial charge in [-0.05, 0) is 31.0 Å². The molecule has 0 radical (unpaired) electrons. The average Bonchev–Trinajstić information content (AvgIpc) is 3.04. The number of nitrogens with zero attached hydrogens (tertiary/aromatic N) is 2. The number of rotatable bonds is 3. The molecule has 1 aromatic carbocycles. The summed E-state index contributed by atoms with van der Waals surface area (Å²) in [6.45, 7) is 7.67. The molecule has 1 N–H and O–H groups in total. The lowest BCUT2D eigenvalue weighted by atomic mass is 10.00. The molecule has 0 aliphatic carbocycles. The summed E-state index contributed by atoms with van der Waals surface area (Å²) in [7, 11) is 0. The molecule has 1 amide bonds. The van der Waals surface area contributed by atoms with Crippen LogP contribution in [0.2, 0.25) is 0 Å². The molecule has 2 unspecified atom stereocenters. The lowest BCUT2D eigenvalue weighted by Gasteiger charge is -2.32. The van der Waals surface area contributed by atoms with Crippen LogP contribution in [0.4, 0.5) is 4.39 Å². The molecule has 22 heavy (non-hydrogen) atoms. The molecule has 4 nitrogen and oxygen atoms in total. The fraction of sp³-hybridized carbons (Fsp3) is 0.588. The zero-order valence-corrected chi connectivity index (χ0v) is 13.1. The lowest BCUT2D eigenvalue weighted by Crippen LogP contribution is -2.49. The molecule has 2 atom stereocenters. The first-order chi connectivity index (χ1) is 10.6. The molecule has 5 heteroatoms. The molecule has 3 rings (SSSR count). The summed E-state index contributed by atoms with van der Waals surface area (Å²) in [6.07, 6.45) is 1.04. The Labute approximate surface area is 131 Å². The van der Waals surface area contributed by atoms with E-state index in [0.29, 0.717) is 6.04 Å². The topological polar surface area (TPSA) is 35.6 Å². The van der Waals surface area contributed by atoms with Crippen LogP contribution < -0.4 is 5.32 Å². The number of hydrogen-bond donors (Lipinski definition) is 1. The van der Waals surface area contributed by atoms with Gasteiger partial charge in [-0.3, -0.25) is 9.69 Å². The van der Waals surface area contributed by atoms with Crippen LogP contribution in [0, 0.1) is 5.82 Å². The molecule has 0 spiro atoms. The Morgan fingerprint density at radius 3 is 2.82 bits per heavy atom. The van der Waals surface area contributed by atoms with Crippen molar-refractivity contribution in [2.24, 2.45) is 0 Å². The van der Waals surface area contributed by atoms with E-state index >= 15 is 0 Å². The number of benzene rings is 1. The van der Waals surface area contributed by atoms with Crippen molar-refractivity contribution >= 4 is 5.91 Å². The summed E-state index contributed by atoms with van der Waals surface area (Å²) in [5.41, 5.74) is 0.760. The highest BCUT2D eigenvalue weighted by Crippen LogP contribution is 2.23. The molecule has 2 aliphatic rings. The Balaban J connectivity index is 1.61. The molecule has 2 fully saturated rings. The Morgan fingerprint density at radius 1 is 1.32 bits per heavy atom. The molecule has 120 valence electrons. The SMILES string of the molecule is CC(C(=O)N1CCC(N2CCNCC2)C1)c1cccc(F)c1. The number of piperazine rings is 1. The minimum atomic E-state index is -0.280. The maximum Gasteiger partial charge on any atom is 0.229 e. The fourth-order valence-electron chi connectivity index (χ4n) is 3.48. The monoisotopic (exact) mass is 305 g/mol. The van der Waals surface area contributed by atoms with E-state index in [9.17, 15) is 9.18 Å². The summed E-state index contributed by atoms with van der Waals surface area (Å²) < 4.78 is 13.3. The van der Waals surface area contributed by atoms with E-state index in [-0.39, 0.29) is 17.6 Å². The number of likely N-dealkylation sites (tertiary alicyclic amines) is 1. The number of amides is 1. The van der Waals surface area contributed by atoms with Crippen molar-refractivity contribution in [3.63, 3.8) is 0 Å². The number of carbonyl (C=O) groups is 1. The van der Waals surface area contributed by atoms with Crippen molar-refractivity contribution in [2.45, 2.75) is 25.3 Å². The van der Waals surface area contributed by atoms with E-state index in [0.717, 1.165) is 51.3 Å². The van der Waals surface area contributed by atoms with Gasteiger partial charge in [0, 0.05) is 45.3 Å². The quantitative estimate of drug-likeness (QED) is 0.918. The van der Waals surface area contributed by atoms with Crippen LogP contribution in [0.3, 0.4) is 0 Å². The van der Waals surface area contributed by atoms with E-state index < -0.39 is 0 Å². The zero-order chi connectivity index (χ0) is 15.5. The second-order valence-corrected chi connectivity index (χ2v) is 6.29. The maximum absolute atomic E-state index is 13.3. The summed E-state index contributed by atoms with van der Waals surface area (Å²) in [5, 5.41) is 3.36. The van der Waals surface area contributed by atoms with Crippen molar-refractivity contribution in [1.29, 1.82) is 0 Å². The van der Waals surface area contributed by atoms with Gasteiger partial charge >= 0.3 is 0 Å². The van der Waals surface area contributed by atoms with Gasteiger partial charge in [0.25, 0.3) is 0 Å². The largest absolute Gasteiger partial charge is 0.341 e. The third-order valence-electron chi connectivity index (χ3n) is 4.86. The second kappa shape index (κ2) is 6.75. The predicted molar refractivity (Wildman–Crippen MR) is 84.2 cm³/mol. The second-order valence-electron chi connectivity index (χ2n) is 6.29. The molecule has 2 heterocycles. The fourth-order valence-corrected chi connectivity index (χ4v) is 3.48. The zero-order valence-electron chi connectivity index (χ0n) is 13.1. The van der Waals surface area contributed by atoms with Crippen molar-refractivity contribution in [1.82, 2.24) is 15.1 Å². The summed E-state index contributed by atoms with van der Waals surface area (Å²) in [6, 6.07) is 6.85. The van der Waals surface area contributed by atoms with Crippen LogP contribution in [0.1, 0.15) is 24.8 Å². The van der Waals surface area contributed by atoms with Gasteiger partial charge in [0.15, 0.2) is 0 Å². The van der Waals surface area contributed by atoms with Gasteiger partial charge in [-0.15, -0.1) is 0 Å². The standard InChI is InChI=1S/C17H24FN3O/c1-13(14-3-2-4-15(18)11-14)17(22)21-8-5-16(12-21)20-9-6-19-7-10-20/h2-4,11,13,16,19H,5-10,12H2,1H3. The third-order valence-corrected chi connectivity index (χ3v) is 4.86. The maximum atomic E-state index is 13.3. The summed E-state index contributed by atoms with van der Waals surface area (Å²) >= 11 is 0. The first-order valence-electron chi connectivity index (χ1n) is 8.14. The van der Waals surface area contributed by atoms with Crippen LogP contribution in [0.15, 0.2) is 24.3 Å². The first kappa shape index (κ1) is 15.4. The molecule has 0 saturated carbocycles. The van der Waals surface area contributed by atoms with Gasteiger partial charge in [0.05, 0.1) is 5.92 Å². The molecular weight excluding hydrogens is 281 g/mol. The van der Waals surface area contributed by atoms with Gasteiger partial charge in [-0.1, -0.05) is 12.1 Å². The number of hydrogen-bond acceptors (Lipinski definition) is 3. The molecular formula is C17H24FN3O. The van der Waals surface area contributed by atoms with Gasteiger partial charge in [0.1, 0.15) is 5.82 Å². The summed E-state index contributed by atoms with van der Waals surface area (Å²) in [5.74, 6) is -0.446. The van der Waals surface area contributed by atoms with Crippen LogP contribution in [0.5, 0.6) is 0 Å². The Hall–Kier alpha value is -1.46. The Bertz CT molecular complexity index is 530. The molecule has 0 aromatic heterocycles. The van der Waals surface area contributed by atoms with E-state index in [1.54, 1.807) is 6.07 Å². The van der Waals surface area contributed by atoms with Crippen molar-refractivity contribution in [3.05, 3.63) is 35.6 Å².